The fourth-order valence-electron chi connectivity index (χ4n) is 1.12. The Kier molecular flexibility index (Phi) is 13.0. The second kappa shape index (κ2) is 11.4. The summed E-state index contributed by atoms with van der Waals surface area (Å²) in [6, 6.07) is 0. The Hall–Kier alpha value is -0.0761. The Morgan fingerprint density at radius 2 is 1.75 bits per heavy atom. The van der Waals surface area contributed by atoms with Crippen LogP contribution in [0.25, 0.3) is 0 Å². The molecule has 0 unspecified atom stereocenters. The molecule has 0 aliphatic carbocycles. The first-order valence-corrected chi connectivity index (χ1v) is 5.35. The van der Waals surface area contributed by atoms with Gasteiger partial charge < -0.3 is 33.9 Å². The van der Waals surface area contributed by atoms with Crippen molar-refractivity contribution in [1.82, 2.24) is 0 Å². The van der Waals surface area contributed by atoms with Crippen LogP contribution in [0.15, 0.2) is 11.6 Å². The minimum Gasteiger partial charge on any atom is -0.390 e. The predicted molar refractivity (Wildman–Crippen MR) is 60.1 cm³/mol. The molecule has 0 bridgehead atoms. The van der Waals surface area contributed by atoms with Crippen LogP contribution >= 0.6 is 0 Å². The molecule has 0 amide bonds. The van der Waals surface area contributed by atoms with Gasteiger partial charge in [0.15, 0.2) is 0 Å². The van der Waals surface area contributed by atoms with Crippen molar-refractivity contribution in [1.29, 1.82) is 0 Å². The van der Waals surface area contributed by atoms with Crippen molar-refractivity contribution >= 4 is 11.6 Å². The Morgan fingerprint density at radius 3 is 2.25 bits per heavy atom. The normalized spacial score (nSPS) is 9.88. The summed E-state index contributed by atoms with van der Waals surface area (Å²) in [5, 5.41) is 0. The molecule has 0 saturated heterocycles. The molecule has 1 radical (unpaired) electrons. The standard InChI is InChI=1S/C13H18O2.Y/c1-4-6-12(14)9-8-11(3)10-13(15)7-5-2;/h3,8H,4-7,10H2,1-2H3;/q-2;. The number of rotatable bonds is 8. The van der Waals surface area contributed by atoms with E-state index in [-0.39, 0.29) is 50.7 Å². The van der Waals surface area contributed by atoms with E-state index >= 15 is 0 Å². The van der Waals surface area contributed by atoms with Gasteiger partial charge in [0.25, 0.3) is 0 Å². The van der Waals surface area contributed by atoms with E-state index in [0.717, 1.165) is 12.8 Å². The Labute approximate surface area is 123 Å². The molecule has 2 nitrogen and oxygen atoms in total. The molecule has 0 aliphatic rings. The van der Waals surface area contributed by atoms with E-state index in [0.29, 0.717) is 18.4 Å². The van der Waals surface area contributed by atoms with Crippen molar-refractivity contribution in [2.24, 2.45) is 0 Å². The fourth-order valence-corrected chi connectivity index (χ4v) is 1.12. The van der Waals surface area contributed by atoms with E-state index < -0.39 is 0 Å². The van der Waals surface area contributed by atoms with Gasteiger partial charge in [-0.1, -0.05) is 26.7 Å². The summed E-state index contributed by atoms with van der Waals surface area (Å²) in [5.74, 6) is 0.0411. The van der Waals surface area contributed by atoms with Crippen LogP contribution in [-0.4, -0.2) is 11.6 Å². The molecule has 0 aromatic heterocycles. The fraction of sp³-hybridized carbons (Fsp3) is 0.538. The molecular formula is C13H18O2Y-2. The third-order valence-corrected chi connectivity index (χ3v) is 1.83. The summed E-state index contributed by atoms with van der Waals surface area (Å²) in [7, 11) is 0. The number of allylic oxidation sites excluding steroid dienone is 3. The molecule has 87 valence electrons. The average molecular weight is 295 g/mol. The molecular weight excluding hydrogens is 277 g/mol. The van der Waals surface area contributed by atoms with Gasteiger partial charge in [-0.25, -0.2) is 0 Å². The smallest absolute Gasteiger partial charge is 0.117 e. The van der Waals surface area contributed by atoms with Crippen molar-refractivity contribution < 1.29 is 42.3 Å². The van der Waals surface area contributed by atoms with Gasteiger partial charge in [0.2, 0.25) is 0 Å². The Bertz CT molecular complexity index is 267. The van der Waals surface area contributed by atoms with Crippen molar-refractivity contribution in [3.05, 3.63) is 24.3 Å². The molecule has 0 fully saturated rings. The van der Waals surface area contributed by atoms with Crippen LogP contribution in [0.4, 0.5) is 0 Å². The number of hydrogen-bond donors (Lipinski definition) is 0. The third-order valence-electron chi connectivity index (χ3n) is 1.83. The molecule has 0 atom stereocenters. The van der Waals surface area contributed by atoms with Gasteiger partial charge in [-0.2, -0.15) is 0 Å². The second-order valence-corrected chi connectivity index (χ2v) is 3.50. The summed E-state index contributed by atoms with van der Waals surface area (Å²) in [6.45, 7) is 9.45. The zero-order chi connectivity index (χ0) is 11.7. The van der Waals surface area contributed by atoms with Gasteiger partial charge in [-0.15, -0.1) is 0 Å². The zero-order valence-corrected chi connectivity index (χ0v) is 12.9. The van der Waals surface area contributed by atoms with Crippen molar-refractivity contribution in [2.75, 3.05) is 0 Å². The molecule has 0 heterocycles. The average Bonchev–Trinajstić information content (AvgIpc) is 2.15. The largest absolute Gasteiger partial charge is 0.390 e. The Morgan fingerprint density at radius 1 is 1.19 bits per heavy atom. The molecule has 0 saturated carbocycles. The summed E-state index contributed by atoms with van der Waals surface area (Å²) >= 11 is 0. The van der Waals surface area contributed by atoms with Crippen molar-refractivity contribution in [3.63, 3.8) is 0 Å². The van der Waals surface area contributed by atoms with Crippen molar-refractivity contribution in [3.8, 4) is 0 Å². The first-order valence-electron chi connectivity index (χ1n) is 5.35. The van der Waals surface area contributed by atoms with Gasteiger partial charge in [0, 0.05) is 44.9 Å². The van der Waals surface area contributed by atoms with Crippen LogP contribution in [0.3, 0.4) is 0 Å². The van der Waals surface area contributed by atoms with Gasteiger partial charge in [-0.05, 0) is 12.8 Å². The van der Waals surface area contributed by atoms with Crippen LogP contribution in [0.1, 0.15) is 46.0 Å². The molecule has 0 N–H and O–H groups in total. The quantitative estimate of drug-likeness (QED) is 0.392. The number of carbonyl (C=O) groups excluding carboxylic acids is 2. The predicted octanol–water partition coefficient (Wildman–Crippen LogP) is 2.83. The minimum atomic E-state index is -0.0663. The molecule has 0 rings (SSSR count). The van der Waals surface area contributed by atoms with Crippen LogP contribution in [-0.2, 0) is 42.3 Å². The van der Waals surface area contributed by atoms with E-state index in [2.05, 4.69) is 6.08 Å². The van der Waals surface area contributed by atoms with E-state index in [4.69, 9.17) is 6.58 Å². The van der Waals surface area contributed by atoms with Gasteiger partial charge in [0.05, 0.1) is 0 Å². The number of Topliss-reactive ketones (excluding diaryl/α,β-unsaturated/α-hetero) is 2. The van der Waals surface area contributed by atoms with E-state index in [1.807, 2.05) is 13.8 Å². The topological polar surface area (TPSA) is 34.1 Å². The number of ketones is 2. The third kappa shape index (κ3) is 10.4. The van der Waals surface area contributed by atoms with E-state index in [1.54, 1.807) is 0 Å². The summed E-state index contributed by atoms with van der Waals surface area (Å²) in [4.78, 5) is 22.3. The first-order chi connectivity index (χ1) is 7.10. The molecule has 0 aromatic carbocycles. The van der Waals surface area contributed by atoms with Gasteiger partial charge in [-0.3, -0.25) is 0 Å². The van der Waals surface area contributed by atoms with Gasteiger partial charge >= 0.3 is 0 Å². The van der Waals surface area contributed by atoms with Crippen LogP contribution < -0.4 is 0 Å². The number of hydrogen-bond acceptors (Lipinski definition) is 2. The molecule has 16 heavy (non-hydrogen) atoms. The van der Waals surface area contributed by atoms with Crippen LogP contribution in [0, 0.1) is 12.7 Å². The van der Waals surface area contributed by atoms with Crippen molar-refractivity contribution in [2.45, 2.75) is 46.0 Å². The van der Waals surface area contributed by atoms with E-state index in [9.17, 15) is 9.59 Å². The number of carbonyl (C=O) groups is 2. The Balaban J connectivity index is 0. The van der Waals surface area contributed by atoms with Crippen LogP contribution in [0.5, 0.6) is 0 Å². The maximum Gasteiger partial charge on any atom is 0.117 e. The zero-order valence-electron chi connectivity index (χ0n) is 10.1. The SMILES string of the molecule is [CH-]=C(C=[C-]C(=O)CCC)CC(=O)CCC.[Y]. The maximum absolute atomic E-state index is 11.2. The minimum absolute atomic E-state index is 0. The summed E-state index contributed by atoms with van der Waals surface area (Å²) < 4.78 is 0. The van der Waals surface area contributed by atoms with Gasteiger partial charge in [0.1, 0.15) is 5.78 Å². The van der Waals surface area contributed by atoms with Crippen LogP contribution in [0.2, 0.25) is 0 Å². The van der Waals surface area contributed by atoms with E-state index in [1.165, 1.54) is 6.08 Å². The summed E-state index contributed by atoms with van der Waals surface area (Å²) in [6.07, 6.45) is 6.84. The molecule has 0 aromatic rings. The maximum atomic E-state index is 11.2. The molecule has 0 spiro atoms. The summed E-state index contributed by atoms with van der Waals surface area (Å²) in [5.41, 5.74) is 0.415. The first kappa shape index (κ1) is 18.3. The molecule has 3 heteroatoms. The molecule has 0 aliphatic heterocycles. The monoisotopic (exact) mass is 295 g/mol. The second-order valence-electron chi connectivity index (χ2n) is 3.50.